The molecule has 15 N–H and O–H groups in total. The maximum Gasteiger partial charge on any atom is 0.200 e. The van der Waals surface area contributed by atoms with Gasteiger partial charge >= 0.3 is 0 Å². The topological polar surface area (TPSA) is 396 Å². The summed E-state index contributed by atoms with van der Waals surface area (Å²) >= 11 is 0. The van der Waals surface area contributed by atoms with E-state index in [1.54, 1.807) is 6.92 Å². The molecule has 4 aliphatic carbocycles. The number of rotatable bonds is 10. The van der Waals surface area contributed by atoms with E-state index in [4.69, 9.17) is 47.4 Å². The summed E-state index contributed by atoms with van der Waals surface area (Å²) < 4.78 is 62.3. The molecule has 25 nitrogen and oxygen atoms in total. The maximum absolute atomic E-state index is 12.8. The fourth-order valence-electron chi connectivity index (χ4n) is 15.6. The van der Waals surface area contributed by atoms with E-state index in [-0.39, 0.29) is 43.1 Å². The van der Waals surface area contributed by atoms with Crippen LogP contribution in [0.5, 0.6) is 0 Å². The minimum atomic E-state index is -1.93. The van der Waals surface area contributed by atoms with E-state index >= 15 is 0 Å². The fourth-order valence-corrected chi connectivity index (χ4v) is 15.6. The van der Waals surface area contributed by atoms with E-state index in [0.29, 0.717) is 19.3 Å². The van der Waals surface area contributed by atoms with Gasteiger partial charge in [-0.3, -0.25) is 0 Å². The smallest absolute Gasteiger partial charge is 0.200 e. The van der Waals surface area contributed by atoms with Crippen molar-refractivity contribution in [1.29, 1.82) is 0 Å². The number of hydrogen-bond donors (Lipinski definition) is 15. The predicted molar refractivity (Wildman–Crippen MR) is 251 cm³/mol. The van der Waals surface area contributed by atoms with Crippen molar-refractivity contribution in [3.8, 4) is 0 Å². The Hall–Kier alpha value is -1.26. The van der Waals surface area contributed by atoms with E-state index in [1.165, 1.54) is 13.8 Å². The Balaban J connectivity index is 0.899. The summed E-state index contributed by atoms with van der Waals surface area (Å²) in [5, 5.41) is 165. The average Bonchev–Trinajstić information content (AvgIpc) is 3.96. The Kier molecular flexibility index (Phi) is 16.4. The highest BCUT2D eigenvalue weighted by Gasteiger charge is 2.74. The minimum Gasteiger partial charge on any atom is -0.394 e. The molecule has 0 aromatic carbocycles. The van der Waals surface area contributed by atoms with Crippen LogP contribution in [0.25, 0.3) is 0 Å². The van der Waals surface area contributed by atoms with E-state index in [9.17, 15) is 76.6 Å². The molecule has 0 radical (unpaired) electrons. The van der Waals surface area contributed by atoms with Crippen LogP contribution in [0, 0.1) is 46.3 Å². The molecule has 0 aromatic heterocycles. The molecule has 6 saturated heterocycles. The lowest BCUT2D eigenvalue weighted by molar-refractivity contribution is -0.389. The summed E-state index contributed by atoms with van der Waals surface area (Å²) in [5.41, 5.74) is -0.818. The van der Waals surface area contributed by atoms with Crippen molar-refractivity contribution in [2.45, 2.75) is 239 Å². The summed E-state index contributed by atoms with van der Waals surface area (Å²) in [7, 11) is 0. The molecule has 1 spiro atoms. The summed E-state index contributed by atoms with van der Waals surface area (Å²) in [6.07, 6.45) is -33.9. The Bertz CT molecular complexity index is 2060. The van der Waals surface area contributed by atoms with Crippen LogP contribution in [0.2, 0.25) is 0 Å². The van der Waals surface area contributed by atoms with Gasteiger partial charge in [-0.05, 0) is 57.3 Å². The number of hydrogen-bond acceptors (Lipinski definition) is 25. The van der Waals surface area contributed by atoms with Crippen LogP contribution in [-0.2, 0) is 47.4 Å². The van der Waals surface area contributed by atoms with Crippen LogP contribution < -0.4 is 0 Å². The molecule has 10 aliphatic rings. The van der Waals surface area contributed by atoms with Crippen molar-refractivity contribution in [3.63, 3.8) is 0 Å². The lowest BCUT2D eigenvalue weighted by atomic mass is 9.45. The third-order valence-electron chi connectivity index (χ3n) is 20.1. The standard InChI is InChI=1S/C51H82O25/c1-16-15-67-51(44(31(16)56)75-45-39(64)36(61)32(57)18(3)68-45)17(2)30-25(76-51)11-23-22-8-7-20-9-21(54)10-29(49(20,5)24(22)12-28(55)50(23,30)6)72-48-43(38(63)35(60)27(14-53)71-48)74-47-41(66)42(33(58)19(4)69-47)73-46-40(65)37(62)34(59)26(13-52)70-46/h7,16-19,21-48,52-66H,8-15H2,1-6H3/t16-,17+,18-,19+,21-,22+,23+,24+,25+,26-,27-,28-,29-,30+,31+,32+,33+,34-,35-,36-,37+,38+,39-,40-,41-,42-,43-,44+,45+,46+,47+,48+,49+,50-,51+/m1/s1. The molecule has 436 valence electrons. The first-order valence-corrected chi connectivity index (χ1v) is 27.1. The molecule has 0 bridgehead atoms. The summed E-state index contributed by atoms with van der Waals surface area (Å²) in [5.74, 6) is -3.32. The zero-order chi connectivity index (χ0) is 55.0. The molecular weight excluding hydrogens is 1010 g/mol. The number of allylic oxidation sites excluding steroid dienone is 1. The highest BCUT2D eigenvalue weighted by Crippen LogP contribution is 2.71. The zero-order valence-corrected chi connectivity index (χ0v) is 43.5. The van der Waals surface area contributed by atoms with Crippen LogP contribution in [0.1, 0.15) is 73.6 Å². The first kappa shape index (κ1) is 58.0. The van der Waals surface area contributed by atoms with Crippen molar-refractivity contribution < 1.29 is 124 Å². The molecule has 6 heterocycles. The van der Waals surface area contributed by atoms with Crippen LogP contribution in [0.4, 0.5) is 0 Å². The first-order valence-electron chi connectivity index (χ1n) is 27.1. The third-order valence-corrected chi connectivity index (χ3v) is 20.1. The van der Waals surface area contributed by atoms with Crippen LogP contribution in [-0.4, -0.2) is 262 Å². The highest BCUT2D eigenvalue weighted by molar-refractivity contribution is 5.30. The molecular formula is C51H82O25. The Morgan fingerprint density at radius 2 is 1.14 bits per heavy atom. The van der Waals surface area contributed by atoms with Gasteiger partial charge in [-0.1, -0.05) is 39.3 Å². The molecule has 76 heavy (non-hydrogen) atoms. The van der Waals surface area contributed by atoms with Crippen molar-refractivity contribution in [1.82, 2.24) is 0 Å². The van der Waals surface area contributed by atoms with Gasteiger partial charge in [0.25, 0.3) is 0 Å². The molecule has 35 atom stereocenters. The van der Waals surface area contributed by atoms with Gasteiger partial charge in [0.15, 0.2) is 25.2 Å². The molecule has 9 fully saturated rings. The SMILES string of the molecule is C[C@@H]1CO[C@@]2(O[C@H]3C[C@H]4[C@@H]5CC=C6C[C@@H](O)C[C@@H](O[C@@H]7O[C@H](CO)[C@@H](O)[C@H](O)[C@H]7O[C@@H]7O[C@@H](C)[C@H](O)[C@@H](O[C@@H]8O[C@H](CO)[C@@H](O)[C@H](O)[C@H]8O)[C@H]7O)[C@]6(C)[C@H]5C[C@@H](O)[C@]4(C)[C@H]3[C@@H]2C)[C@@H](O[C@@H]2O[C@H](C)[C@H](O)[C@@H](O)[C@H]2O)[C@H]1O. The number of fused-ring (bicyclic) bond motifs is 7. The second kappa shape index (κ2) is 21.5. The molecule has 0 unspecified atom stereocenters. The third kappa shape index (κ3) is 9.11. The second-order valence-electron chi connectivity index (χ2n) is 24.2. The van der Waals surface area contributed by atoms with Gasteiger partial charge < -0.3 is 124 Å². The summed E-state index contributed by atoms with van der Waals surface area (Å²) in [4.78, 5) is 0. The average molecular weight is 1100 g/mol. The number of aliphatic hydroxyl groups excluding tert-OH is 15. The largest absolute Gasteiger partial charge is 0.394 e. The normalized spacial score (nSPS) is 59.3. The minimum absolute atomic E-state index is 0.0481. The van der Waals surface area contributed by atoms with Crippen molar-refractivity contribution in [2.75, 3.05) is 19.8 Å². The molecule has 0 aromatic rings. The van der Waals surface area contributed by atoms with Crippen molar-refractivity contribution in [2.24, 2.45) is 46.3 Å². The molecule has 10 rings (SSSR count). The first-order chi connectivity index (χ1) is 35.8. The summed E-state index contributed by atoms with van der Waals surface area (Å²) in [6, 6.07) is 0. The van der Waals surface area contributed by atoms with Crippen molar-refractivity contribution >= 4 is 0 Å². The van der Waals surface area contributed by atoms with Crippen LogP contribution in [0.15, 0.2) is 11.6 Å². The van der Waals surface area contributed by atoms with Gasteiger partial charge in [0.05, 0.1) is 62.5 Å². The van der Waals surface area contributed by atoms with Gasteiger partial charge in [0, 0.05) is 35.0 Å². The van der Waals surface area contributed by atoms with E-state index in [0.717, 1.165) is 5.57 Å². The Morgan fingerprint density at radius 1 is 0.566 bits per heavy atom. The van der Waals surface area contributed by atoms with Gasteiger partial charge in [0.1, 0.15) is 91.6 Å². The summed E-state index contributed by atoms with van der Waals surface area (Å²) in [6.45, 7) is 9.34. The number of ether oxygens (including phenoxy) is 10. The van der Waals surface area contributed by atoms with Gasteiger partial charge in [-0.2, -0.15) is 0 Å². The number of aliphatic hydroxyl groups is 15. The molecule has 6 aliphatic heterocycles. The lowest BCUT2D eigenvalue weighted by Crippen LogP contribution is -2.67. The maximum atomic E-state index is 12.8. The van der Waals surface area contributed by atoms with Crippen molar-refractivity contribution in [3.05, 3.63) is 11.6 Å². The second-order valence-corrected chi connectivity index (χ2v) is 24.2. The molecule has 0 amide bonds. The lowest BCUT2D eigenvalue weighted by Gasteiger charge is -2.62. The van der Waals surface area contributed by atoms with Crippen LogP contribution >= 0.6 is 0 Å². The van der Waals surface area contributed by atoms with E-state index in [1.807, 2.05) is 13.8 Å². The monoisotopic (exact) mass is 1090 g/mol. The Morgan fingerprint density at radius 3 is 1.80 bits per heavy atom. The predicted octanol–water partition coefficient (Wildman–Crippen LogP) is -5.05. The molecule has 25 heteroatoms. The van der Waals surface area contributed by atoms with Gasteiger partial charge in [-0.15, -0.1) is 0 Å². The highest BCUT2D eigenvalue weighted by atomic mass is 16.8. The van der Waals surface area contributed by atoms with Crippen LogP contribution in [0.3, 0.4) is 0 Å². The zero-order valence-electron chi connectivity index (χ0n) is 43.5. The van der Waals surface area contributed by atoms with E-state index < -0.39 is 201 Å². The molecule has 3 saturated carbocycles. The van der Waals surface area contributed by atoms with Gasteiger partial charge in [-0.25, -0.2) is 0 Å². The van der Waals surface area contributed by atoms with Gasteiger partial charge in [0.2, 0.25) is 5.79 Å². The Labute approximate surface area is 439 Å². The quantitative estimate of drug-likeness (QED) is 0.0911. The fraction of sp³-hybridized carbons (Fsp3) is 0.961. The van der Waals surface area contributed by atoms with E-state index in [2.05, 4.69) is 13.0 Å².